The van der Waals surface area contributed by atoms with Crippen LogP contribution in [0.1, 0.15) is 5.56 Å². The van der Waals surface area contributed by atoms with Crippen molar-refractivity contribution in [1.29, 1.82) is 0 Å². The molecule has 1 aromatic carbocycles. The molecule has 0 saturated carbocycles. The third-order valence-corrected chi connectivity index (χ3v) is 4.32. The molecule has 0 heterocycles. The fourth-order valence-corrected chi connectivity index (χ4v) is 2.70. The highest BCUT2D eigenvalue weighted by Crippen LogP contribution is 2.20. The number of benzene rings is 1. The van der Waals surface area contributed by atoms with Crippen LogP contribution in [0, 0.1) is 12.7 Å². The van der Waals surface area contributed by atoms with E-state index in [1.54, 1.807) is 0 Å². The molecule has 1 aromatic rings. The highest BCUT2D eigenvalue weighted by molar-refractivity contribution is 7.98. The zero-order valence-electron chi connectivity index (χ0n) is 9.66. The zero-order valence-corrected chi connectivity index (χ0v) is 11.3. The average molecular weight is 278 g/mol. The third kappa shape index (κ3) is 3.58. The molecule has 0 saturated heterocycles. The summed E-state index contributed by atoms with van der Waals surface area (Å²) in [5.41, 5.74) is 5.93. The molecule has 0 aliphatic carbocycles. The van der Waals surface area contributed by atoms with Crippen LogP contribution in [0.2, 0.25) is 0 Å². The van der Waals surface area contributed by atoms with E-state index >= 15 is 0 Å². The number of hydrogen-bond acceptors (Lipinski definition) is 4. The van der Waals surface area contributed by atoms with E-state index in [0.29, 0.717) is 12.3 Å². The fourth-order valence-electron chi connectivity index (χ4n) is 1.19. The van der Waals surface area contributed by atoms with Crippen molar-refractivity contribution in [3.63, 3.8) is 0 Å². The summed E-state index contributed by atoms with van der Waals surface area (Å²) in [5, 5.41) is 0. The van der Waals surface area contributed by atoms with Crippen LogP contribution in [0.5, 0.6) is 0 Å². The van der Waals surface area contributed by atoms with Crippen LogP contribution in [0.25, 0.3) is 0 Å². The van der Waals surface area contributed by atoms with Gasteiger partial charge in [0, 0.05) is 23.5 Å². The number of sulfonamides is 1. The summed E-state index contributed by atoms with van der Waals surface area (Å²) in [7, 11) is -3.68. The molecule has 0 fully saturated rings. The van der Waals surface area contributed by atoms with Crippen molar-refractivity contribution in [2.24, 2.45) is 0 Å². The topological polar surface area (TPSA) is 72.2 Å². The molecule has 17 heavy (non-hydrogen) atoms. The van der Waals surface area contributed by atoms with Crippen molar-refractivity contribution >= 4 is 27.5 Å². The maximum absolute atomic E-state index is 13.4. The lowest BCUT2D eigenvalue weighted by molar-refractivity contribution is 0.579. The average Bonchev–Trinajstić information content (AvgIpc) is 2.25. The molecule has 96 valence electrons. The first-order chi connectivity index (χ1) is 7.88. The number of rotatable bonds is 5. The van der Waals surface area contributed by atoms with Gasteiger partial charge in [-0.3, -0.25) is 0 Å². The molecule has 0 bridgehead atoms. The van der Waals surface area contributed by atoms with Crippen LogP contribution < -0.4 is 10.5 Å². The van der Waals surface area contributed by atoms with Crippen LogP contribution >= 0.6 is 11.8 Å². The number of hydrogen-bond donors (Lipinski definition) is 2. The molecule has 0 spiro atoms. The monoisotopic (exact) mass is 278 g/mol. The lowest BCUT2D eigenvalue weighted by atomic mass is 10.2. The zero-order chi connectivity index (χ0) is 13.1. The molecule has 0 aromatic heterocycles. The summed E-state index contributed by atoms with van der Waals surface area (Å²) in [6.45, 7) is 1.81. The maximum Gasteiger partial charge on any atom is 0.240 e. The smallest absolute Gasteiger partial charge is 0.240 e. The van der Waals surface area contributed by atoms with E-state index in [4.69, 9.17) is 5.73 Å². The van der Waals surface area contributed by atoms with Gasteiger partial charge >= 0.3 is 0 Å². The van der Waals surface area contributed by atoms with E-state index in [2.05, 4.69) is 4.72 Å². The normalized spacial score (nSPS) is 11.7. The molecule has 0 aliphatic heterocycles. The van der Waals surface area contributed by atoms with Gasteiger partial charge in [0.05, 0.1) is 4.90 Å². The minimum absolute atomic E-state index is 0.134. The van der Waals surface area contributed by atoms with Crippen molar-refractivity contribution in [1.82, 2.24) is 4.72 Å². The van der Waals surface area contributed by atoms with Crippen molar-refractivity contribution in [3.05, 3.63) is 23.5 Å². The molecule has 0 radical (unpaired) electrons. The molecule has 3 N–H and O–H groups in total. The quantitative estimate of drug-likeness (QED) is 0.630. The van der Waals surface area contributed by atoms with Crippen LogP contribution in [0.3, 0.4) is 0 Å². The van der Waals surface area contributed by atoms with E-state index < -0.39 is 15.8 Å². The summed E-state index contributed by atoms with van der Waals surface area (Å²) in [6.07, 6.45) is 1.87. The highest BCUT2D eigenvalue weighted by atomic mass is 32.2. The van der Waals surface area contributed by atoms with Gasteiger partial charge in [0.25, 0.3) is 0 Å². The minimum Gasteiger partial charge on any atom is -0.398 e. The van der Waals surface area contributed by atoms with Crippen LogP contribution in [0.15, 0.2) is 17.0 Å². The number of nitrogens with one attached hydrogen (secondary N) is 1. The van der Waals surface area contributed by atoms with Crippen molar-refractivity contribution in [3.8, 4) is 0 Å². The Morgan fingerprint density at radius 1 is 1.47 bits per heavy atom. The Morgan fingerprint density at radius 2 is 2.12 bits per heavy atom. The first kappa shape index (κ1) is 14.3. The Bertz CT molecular complexity index is 480. The number of nitrogen functional groups attached to an aromatic ring is 1. The van der Waals surface area contributed by atoms with Crippen molar-refractivity contribution in [2.75, 3.05) is 24.3 Å². The van der Waals surface area contributed by atoms with E-state index in [0.717, 1.165) is 6.07 Å². The third-order valence-electron chi connectivity index (χ3n) is 2.27. The van der Waals surface area contributed by atoms with Crippen molar-refractivity contribution < 1.29 is 12.8 Å². The van der Waals surface area contributed by atoms with E-state index in [1.807, 2.05) is 6.26 Å². The van der Waals surface area contributed by atoms with Gasteiger partial charge in [-0.25, -0.2) is 17.5 Å². The van der Waals surface area contributed by atoms with Crippen LogP contribution in [-0.2, 0) is 10.0 Å². The largest absolute Gasteiger partial charge is 0.398 e. The second kappa shape index (κ2) is 5.70. The summed E-state index contributed by atoms with van der Waals surface area (Å²) >= 11 is 1.52. The maximum atomic E-state index is 13.4. The number of halogens is 1. The Morgan fingerprint density at radius 3 is 2.65 bits per heavy atom. The molecule has 7 heteroatoms. The molecular weight excluding hydrogens is 263 g/mol. The molecule has 1 rings (SSSR count). The van der Waals surface area contributed by atoms with Crippen LogP contribution in [-0.4, -0.2) is 27.0 Å². The predicted molar refractivity (Wildman–Crippen MR) is 69.1 cm³/mol. The molecule has 0 aliphatic rings. The summed E-state index contributed by atoms with van der Waals surface area (Å²) < 4.78 is 39.3. The molecule has 4 nitrogen and oxygen atoms in total. The summed E-state index contributed by atoms with van der Waals surface area (Å²) in [5.74, 6) is 0.0403. The van der Waals surface area contributed by atoms with Gasteiger partial charge in [-0.15, -0.1) is 0 Å². The predicted octanol–water partition coefficient (Wildman–Crippen LogP) is 1.36. The summed E-state index contributed by atoms with van der Waals surface area (Å²) in [6, 6.07) is 2.24. The van der Waals surface area contributed by atoms with Gasteiger partial charge in [0.2, 0.25) is 10.0 Å². The Hall–Kier alpha value is -0.790. The van der Waals surface area contributed by atoms with E-state index in [-0.39, 0.29) is 16.1 Å². The molecule has 0 unspecified atom stereocenters. The summed E-state index contributed by atoms with van der Waals surface area (Å²) in [4.78, 5) is -0.140. The Balaban J connectivity index is 2.99. The number of thioether (sulfide) groups is 1. The second-order valence-corrected chi connectivity index (χ2v) is 6.26. The minimum atomic E-state index is -3.68. The fraction of sp³-hybridized carbons (Fsp3) is 0.400. The van der Waals surface area contributed by atoms with Crippen LogP contribution in [0.4, 0.5) is 10.1 Å². The van der Waals surface area contributed by atoms with E-state index in [9.17, 15) is 12.8 Å². The number of nitrogens with two attached hydrogens (primary N) is 1. The second-order valence-electron chi connectivity index (χ2n) is 3.51. The highest BCUT2D eigenvalue weighted by Gasteiger charge is 2.16. The molecular formula is C10H15FN2O2S2. The van der Waals surface area contributed by atoms with Gasteiger partial charge in [-0.2, -0.15) is 11.8 Å². The van der Waals surface area contributed by atoms with Gasteiger partial charge in [0.1, 0.15) is 5.82 Å². The molecule has 0 amide bonds. The van der Waals surface area contributed by atoms with Gasteiger partial charge in [-0.1, -0.05) is 0 Å². The lowest BCUT2D eigenvalue weighted by Crippen LogP contribution is -2.26. The lowest BCUT2D eigenvalue weighted by Gasteiger charge is -2.09. The first-order valence-corrected chi connectivity index (χ1v) is 7.80. The van der Waals surface area contributed by atoms with Gasteiger partial charge < -0.3 is 5.73 Å². The Labute approximate surface area is 105 Å². The first-order valence-electron chi connectivity index (χ1n) is 4.92. The standard InChI is InChI=1S/C10H15FN2O2S2/c1-7-9(11)5-8(6-10(7)12)17(14,15)13-3-4-16-2/h5-6,13H,3-4,12H2,1-2H3. The molecule has 0 atom stereocenters. The van der Waals surface area contributed by atoms with Gasteiger partial charge in [0.15, 0.2) is 0 Å². The SMILES string of the molecule is CSCCNS(=O)(=O)c1cc(N)c(C)c(F)c1. The Kier molecular flexibility index (Phi) is 4.79. The van der Waals surface area contributed by atoms with Crippen molar-refractivity contribution in [2.45, 2.75) is 11.8 Å². The van der Waals surface area contributed by atoms with E-state index in [1.165, 1.54) is 24.8 Å². The number of anilines is 1. The van der Waals surface area contributed by atoms with Gasteiger partial charge in [-0.05, 0) is 25.3 Å².